The van der Waals surface area contributed by atoms with Crippen LogP contribution in [0.15, 0.2) is 0 Å². The first-order valence-electron chi connectivity index (χ1n) is 6.59. The third kappa shape index (κ3) is 3.51. The molecule has 8 N–H and O–H groups in total. The number of urea groups is 2. The molecule has 4 amide bonds. The van der Waals surface area contributed by atoms with E-state index in [0.717, 1.165) is 16.1 Å². The summed E-state index contributed by atoms with van der Waals surface area (Å²) in [5, 5.41) is 2.07. The molecule has 0 aromatic rings. The molecule has 0 spiro atoms. The fourth-order valence-electron chi connectivity index (χ4n) is 2.73. The lowest BCUT2D eigenvalue weighted by Crippen LogP contribution is -2.56. The summed E-state index contributed by atoms with van der Waals surface area (Å²) in [6.07, 6.45) is 1.74. The summed E-state index contributed by atoms with van der Waals surface area (Å²) in [5.41, 5.74) is 10.3. The molecule has 8 heteroatoms. The van der Waals surface area contributed by atoms with Gasteiger partial charge in [-0.25, -0.2) is 21.3 Å². The van der Waals surface area contributed by atoms with Crippen LogP contribution < -0.4 is 23.2 Å². The molecule has 8 nitrogen and oxygen atoms in total. The van der Waals surface area contributed by atoms with E-state index in [1.54, 1.807) is 0 Å². The number of hydrazine groups is 2. The highest BCUT2D eigenvalue weighted by molar-refractivity contribution is 5.73. The van der Waals surface area contributed by atoms with Gasteiger partial charge >= 0.3 is 12.1 Å². The number of primary amides is 2. The van der Waals surface area contributed by atoms with E-state index < -0.39 is 12.1 Å². The number of rotatable bonds is 2. The minimum atomic E-state index is -0.688. The van der Waals surface area contributed by atoms with Crippen LogP contribution in [0.1, 0.15) is 40.0 Å². The van der Waals surface area contributed by atoms with E-state index in [1.165, 1.54) is 0 Å². The monoisotopic (exact) mass is 285 g/mol. The van der Waals surface area contributed by atoms with Crippen LogP contribution in [0.5, 0.6) is 0 Å². The van der Waals surface area contributed by atoms with Gasteiger partial charge in [0, 0.05) is 0 Å². The Hall–Kier alpha value is -1.54. The van der Waals surface area contributed by atoms with Crippen LogP contribution in [0.25, 0.3) is 0 Å². The zero-order valence-electron chi connectivity index (χ0n) is 12.3. The first kappa shape index (κ1) is 16.5. The molecule has 0 heterocycles. The number of carbonyl (C=O) groups is 2. The quantitative estimate of drug-likeness (QED) is 0.327. The van der Waals surface area contributed by atoms with E-state index in [1.807, 2.05) is 20.8 Å². The van der Waals surface area contributed by atoms with Crippen molar-refractivity contribution in [1.82, 2.24) is 10.0 Å². The summed E-state index contributed by atoms with van der Waals surface area (Å²) in [7, 11) is 0. The van der Waals surface area contributed by atoms with Crippen molar-refractivity contribution in [3.8, 4) is 0 Å². The SMILES string of the molecule is CC(C)(C)C1CC(N(N)C(N)=O)CC[C]1N(N)C(N)=O. The maximum absolute atomic E-state index is 11.3. The molecule has 0 aliphatic heterocycles. The molecule has 1 radical (unpaired) electrons. The second kappa shape index (κ2) is 5.84. The van der Waals surface area contributed by atoms with E-state index >= 15 is 0 Å². The topological polar surface area (TPSA) is 145 Å². The summed E-state index contributed by atoms with van der Waals surface area (Å²) in [4.78, 5) is 22.5. The number of nitrogens with zero attached hydrogens (tertiary/aromatic N) is 2. The van der Waals surface area contributed by atoms with Crippen LogP contribution >= 0.6 is 0 Å². The van der Waals surface area contributed by atoms with Gasteiger partial charge < -0.3 is 11.5 Å². The lowest BCUT2D eigenvalue weighted by Gasteiger charge is -2.46. The van der Waals surface area contributed by atoms with E-state index in [-0.39, 0.29) is 17.4 Å². The highest BCUT2D eigenvalue weighted by Gasteiger charge is 2.43. The zero-order chi connectivity index (χ0) is 15.7. The number of hydrogen-bond donors (Lipinski definition) is 4. The van der Waals surface area contributed by atoms with Crippen molar-refractivity contribution >= 4 is 12.1 Å². The fraction of sp³-hybridized carbons (Fsp3) is 0.750. The van der Waals surface area contributed by atoms with Gasteiger partial charge in [0.25, 0.3) is 0 Å². The van der Waals surface area contributed by atoms with Gasteiger partial charge in [-0.1, -0.05) is 20.8 Å². The standard InChI is InChI=1S/C12H25N6O2/c1-12(2,3)8-6-7(17(15)10(13)19)4-5-9(8)18(16)11(14)20/h7-8H,4-6,15-16H2,1-3H3,(H2,13,19)(H2,14,20). The van der Waals surface area contributed by atoms with Crippen LogP contribution in [0.3, 0.4) is 0 Å². The first-order valence-corrected chi connectivity index (χ1v) is 6.59. The summed E-state index contributed by atoms with van der Waals surface area (Å²) in [6, 6.07) is -0.737. The molecule has 20 heavy (non-hydrogen) atoms. The molecule has 1 aliphatic carbocycles. The van der Waals surface area contributed by atoms with Crippen LogP contribution in [-0.2, 0) is 0 Å². The van der Waals surface area contributed by atoms with Crippen molar-refractivity contribution in [2.75, 3.05) is 0 Å². The Balaban J connectivity index is 2.93. The lowest BCUT2D eigenvalue weighted by atomic mass is 9.68. The first-order chi connectivity index (χ1) is 9.05. The minimum Gasteiger partial charge on any atom is -0.350 e. The molecule has 1 rings (SSSR count). The molecule has 0 aromatic heterocycles. The molecule has 2 atom stereocenters. The van der Waals surface area contributed by atoms with E-state index in [2.05, 4.69) is 0 Å². The fourth-order valence-corrected chi connectivity index (χ4v) is 2.73. The largest absolute Gasteiger partial charge is 0.350 e. The highest BCUT2D eigenvalue weighted by Crippen LogP contribution is 2.44. The molecule has 0 saturated heterocycles. The minimum absolute atomic E-state index is 0.0100. The van der Waals surface area contributed by atoms with Gasteiger partial charge in [0.2, 0.25) is 0 Å². The maximum atomic E-state index is 11.3. The van der Waals surface area contributed by atoms with Gasteiger partial charge in [0.15, 0.2) is 0 Å². The van der Waals surface area contributed by atoms with Crippen molar-refractivity contribution in [2.45, 2.75) is 46.1 Å². The number of hydrogen-bond acceptors (Lipinski definition) is 4. The third-order valence-corrected chi connectivity index (χ3v) is 3.88. The Morgan fingerprint density at radius 2 is 1.70 bits per heavy atom. The molecule has 115 valence electrons. The molecule has 1 fully saturated rings. The molecular weight excluding hydrogens is 260 g/mol. The number of nitrogens with two attached hydrogens (primary N) is 4. The third-order valence-electron chi connectivity index (χ3n) is 3.88. The lowest BCUT2D eigenvalue weighted by molar-refractivity contribution is 0.0788. The Kier molecular flexibility index (Phi) is 4.82. The maximum Gasteiger partial charge on any atom is 0.329 e. The van der Waals surface area contributed by atoms with Crippen LogP contribution in [0, 0.1) is 17.4 Å². The average Bonchev–Trinajstić information content (AvgIpc) is 2.34. The zero-order valence-corrected chi connectivity index (χ0v) is 12.3. The van der Waals surface area contributed by atoms with E-state index in [9.17, 15) is 9.59 Å². The summed E-state index contributed by atoms with van der Waals surface area (Å²) >= 11 is 0. The second-order valence-corrected chi connectivity index (χ2v) is 6.29. The Labute approximate surface area is 119 Å². The van der Waals surface area contributed by atoms with Gasteiger partial charge in [-0.15, -0.1) is 0 Å². The summed E-state index contributed by atoms with van der Waals surface area (Å²) in [5.74, 6) is 11.4. The molecule has 0 bridgehead atoms. The average molecular weight is 285 g/mol. The molecular formula is C12H25N6O2. The number of amides is 4. The van der Waals surface area contributed by atoms with Crippen molar-refractivity contribution in [2.24, 2.45) is 34.5 Å². The van der Waals surface area contributed by atoms with Gasteiger partial charge in [-0.05, 0) is 30.6 Å². The van der Waals surface area contributed by atoms with E-state index in [4.69, 9.17) is 23.2 Å². The second-order valence-electron chi connectivity index (χ2n) is 6.29. The smallest absolute Gasteiger partial charge is 0.329 e. The Bertz CT molecular complexity index is 381. The molecule has 0 aromatic carbocycles. The summed E-state index contributed by atoms with van der Waals surface area (Å²) < 4.78 is 0. The van der Waals surface area contributed by atoms with Gasteiger partial charge in [-0.2, -0.15) is 0 Å². The van der Waals surface area contributed by atoms with Crippen molar-refractivity contribution in [3.05, 3.63) is 6.04 Å². The van der Waals surface area contributed by atoms with Crippen molar-refractivity contribution in [3.63, 3.8) is 0 Å². The van der Waals surface area contributed by atoms with E-state index in [0.29, 0.717) is 19.3 Å². The van der Waals surface area contributed by atoms with Gasteiger partial charge in [0.05, 0.1) is 12.1 Å². The predicted octanol–water partition coefficient (Wildman–Crippen LogP) is 0.242. The van der Waals surface area contributed by atoms with Crippen LogP contribution in [0.4, 0.5) is 9.59 Å². The van der Waals surface area contributed by atoms with Gasteiger partial charge in [-0.3, -0.25) is 10.0 Å². The van der Waals surface area contributed by atoms with Crippen LogP contribution in [0.2, 0.25) is 0 Å². The molecule has 2 unspecified atom stereocenters. The highest BCUT2D eigenvalue weighted by atomic mass is 16.2. The van der Waals surface area contributed by atoms with Crippen LogP contribution in [-0.4, -0.2) is 28.1 Å². The van der Waals surface area contributed by atoms with Crippen molar-refractivity contribution in [1.29, 1.82) is 0 Å². The Morgan fingerprint density at radius 1 is 1.15 bits per heavy atom. The van der Waals surface area contributed by atoms with Gasteiger partial charge in [0.1, 0.15) is 0 Å². The molecule has 1 aliphatic rings. The summed E-state index contributed by atoms with van der Waals surface area (Å²) in [6.45, 7) is 6.13. The van der Waals surface area contributed by atoms with Crippen molar-refractivity contribution < 1.29 is 9.59 Å². The predicted molar refractivity (Wildman–Crippen MR) is 75.0 cm³/mol. The normalized spacial score (nSPS) is 24.2. The Morgan fingerprint density at radius 3 is 2.10 bits per heavy atom. The number of carbonyl (C=O) groups excluding carboxylic acids is 2. The molecule has 1 saturated carbocycles.